The third kappa shape index (κ3) is 3.31. The lowest BCUT2D eigenvalue weighted by Crippen LogP contribution is -2.28. The maximum absolute atomic E-state index is 12.9. The Morgan fingerprint density at radius 1 is 1.21 bits per heavy atom. The molecular weight excluding hydrogens is 265 g/mol. The van der Waals surface area contributed by atoms with Gasteiger partial charge in [0.25, 0.3) is 0 Å². The fraction of sp³-hybridized carbons (Fsp3) is 0.267. The minimum Gasteiger partial charge on any atom is -0.383 e. The van der Waals surface area contributed by atoms with Crippen LogP contribution in [-0.4, -0.2) is 10.1 Å². The van der Waals surface area contributed by atoms with Crippen molar-refractivity contribution in [1.82, 2.24) is 4.98 Å². The van der Waals surface area contributed by atoms with Gasteiger partial charge in [0, 0.05) is 11.4 Å². The van der Waals surface area contributed by atoms with Crippen LogP contribution in [0.3, 0.4) is 0 Å². The fourth-order valence-electron chi connectivity index (χ4n) is 1.99. The minimum atomic E-state index is -1.10. The van der Waals surface area contributed by atoms with Gasteiger partial charge in [-0.2, -0.15) is 0 Å². The number of aliphatic hydroxyl groups is 1. The molecular formula is C15H15ClFNO. The molecule has 0 radical (unpaired) electrons. The molecule has 100 valence electrons. The lowest BCUT2D eigenvalue weighted by Gasteiger charge is -2.26. The number of aromatic nitrogens is 1. The van der Waals surface area contributed by atoms with E-state index in [0.29, 0.717) is 23.6 Å². The quantitative estimate of drug-likeness (QED) is 0.925. The zero-order chi connectivity index (χ0) is 13.9. The van der Waals surface area contributed by atoms with Gasteiger partial charge in [0.15, 0.2) is 0 Å². The van der Waals surface area contributed by atoms with Gasteiger partial charge in [-0.15, -0.1) is 0 Å². The molecule has 0 spiro atoms. The predicted octanol–water partition coefficient (Wildman–Crippen LogP) is 3.71. The van der Waals surface area contributed by atoms with Crippen LogP contribution in [0.15, 0.2) is 42.6 Å². The molecule has 1 aromatic heterocycles. The number of hydrogen-bond donors (Lipinski definition) is 1. The summed E-state index contributed by atoms with van der Waals surface area (Å²) in [5.41, 5.74) is 0.341. The molecule has 2 rings (SSSR count). The van der Waals surface area contributed by atoms with Crippen LogP contribution >= 0.6 is 11.6 Å². The standard InChI is InChI=1S/C15H15ClFNO/c1-2-15(19,14-8-7-13(17)10-18-14)9-11-3-5-12(16)6-4-11/h3-8,10,19H,2,9H2,1H3. The maximum Gasteiger partial charge on any atom is 0.141 e. The van der Waals surface area contributed by atoms with Crippen molar-refractivity contribution in [2.75, 3.05) is 0 Å². The Morgan fingerprint density at radius 2 is 1.89 bits per heavy atom. The highest BCUT2D eigenvalue weighted by molar-refractivity contribution is 6.30. The van der Waals surface area contributed by atoms with E-state index in [1.807, 2.05) is 19.1 Å². The highest BCUT2D eigenvalue weighted by Gasteiger charge is 2.29. The highest BCUT2D eigenvalue weighted by atomic mass is 35.5. The van der Waals surface area contributed by atoms with Crippen molar-refractivity contribution in [1.29, 1.82) is 0 Å². The Balaban J connectivity index is 2.27. The van der Waals surface area contributed by atoms with Gasteiger partial charge in [0.2, 0.25) is 0 Å². The van der Waals surface area contributed by atoms with Crippen LogP contribution in [0.2, 0.25) is 5.02 Å². The Morgan fingerprint density at radius 3 is 2.42 bits per heavy atom. The number of pyridine rings is 1. The van der Waals surface area contributed by atoms with Gasteiger partial charge in [-0.25, -0.2) is 4.39 Å². The smallest absolute Gasteiger partial charge is 0.141 e. The SMILES string of the molecule is CCC(O)(Cc1ccc(Cl)cc1)c1ccc(F)cn1. The summed E-state index contributed by atoms with van der Waals surface area (Å²) in [6, 6.07) is 10.1. The van der Waals surface area contributed by atoms with Crippen molar-refractivity contribution in [3.8, 4) is 0 Å². The van der Waals surface area contributed by atoms with Gasteiger partial charge in [-0.3, -0.25) is 4.98 Å². The van der Waals surface area contributed by atoms with Crippen LogP contribution in [0.4, 0.5) is 4.39 Å². The third-order valence-corrected chi connectivity index (χ3v) is 3.45. The summed E-state index contributed by atoms with van der Waals surface area (Å²) in [5, 5.41) is 11.3. The maximum atomic E-state index is 12.9. The van der Waals surface area contributed by atoms with Gasteiger partial charge in [-0.1, -0.05) is 30.7 Å². The van der Waals surface area contributed by atoms with Gasteiger partial charge in [0.05, 0.1) is 11.9 Å². The first-order valence-electron chi connectivity index (χ1n) is 6.12. The van der Waals surface area contributed by atoms with E-state index in [4.69, 9.17) is 11.6 Å². The molecule has 4 heteroatoms. The summed E-state index contributed by atoms with van der Waals surface area (Å²) in [6.45, 7) is 1.88. The molecule has 0 bridgehead atoms. The Labute approximate surface area is 116 Å². The van der Waals surface area contributed by atoms with E-state index >= 15 is 0 Å². The molecule has 0 aliphatic heterocycles. The first-order chi connectivity index (χ1) is 9.03. The number of benzene rings is 1. The molecule has 19 heavy (non-hydrogen) atoms. The van der Waals surface area contributed by atoms with Crippen molar-refractivity contribution in [2.24, 2.45) is 0 Å². The summed E-state index contributed by atoms with van der Waals surface area (Å²) >= 11 is 5.83. The van der Waals surface area contributed by atoms with Gasteiger partial charge < -0.3 is 5.11 Å². The molecule has 2 nitrogen and oxygen atoms in total. The number of nitrogens with zero attached hydrogens (tertiary/aromatic N) is 1. The molecule has 1 unspecified atom stereocenters. The van der Waals surface area contributed by atoms with Crippen molar-refractivity contribution in [3.05, 3.63) is 64.7 Å². The van der Waals surface area contributed by atoms with Crippen molar-refractivity contribution >= 4 is 11.6 Å². The summed E-state index contributed by atoms with van der Waals surface area (Å²) in [7, 11) is 0. The molecule has 0 saturated carbocycles. The Bertz CT molecular complexity index is 541. The second-order valence-corrected chi connectivity index (χ2v) is 4.99. The zero-order valence-electron chi connectivity index (χ0n) is 10.6. The predicted molar refractivity (Wildman–Crippen MR) is 73.5 cm³/mol. The van der Waals surface area contributed by atoms with Crippen LogP contribution in [0.25, 0.3) is 0 Å². The van der Waals surface area contributed by atoms with Crippen LogP contribution < -0.4 is 0 Å². The lowest BCUT2D eigenvalue weighted by molar-refractivity contribution is 0.0282. The number of rotatable bonds is 4. The largest absolute Gasteiger partial charge is 0.383 e. The fourth-order valence-corrected chi connectivity index (χ4v) is 2.11. The first kappa shape index (κ1) is 14.0. The molecule has 1 aromatic carbocycles. The average Bonchev–Trinajstić information content (AvgIpc) is 2.42. The van der Waals surface area contributed by atoms with Crippen LogP contribution in [0.5, 0.6) is 0 Å². The Kier molecular flexibility index (Phi) is 4.17. The van der Waals surface area contributed by atoms with E-state index in [0.717, 1.165) is 11.8 Å². The molecule has 1 N–H and O–H groups in total. The summed E-state index contributed by atoms with van der Waals surface area (Å²) in [4.78, 5) is 3.98. The molecule has 0 amide bonds. The molecule has 1 atom stereocenters. The normalized spacial score (nSPS) is 14.1. The highest BCUT2D eigenvalue weighted by Crippen LogP contribution is 2.28. The molecule has 0 fully saturated rings. The third-order valence-electron chi connectivity index (χ3n) is 3.20. The summed E-state index contributed by atoms with van der Waals surface area (Å²) in [6.07, 6.45) is 2.03. The second-order valence-electron chi connectivity index (χ2n) is 4.55. The van der Waals surface area contributed by atoms with Gasteiger partial charge >= 0.3 is 0 Å². The Hall–Kier alpha value is -1.45. The molecule has 1 heterocycles. The van der Waals surface area contributed by atoms with Crippen molar-refractivity contribution < 1.29 is 9.50 Å². The van der Waals surface area contributed by atoms with E-state index in [2.05, 4.69) is 4.98 Å². The number of halogens is 2. The van der Waals surface area contributed by atoms with E-state index in [1.54, 1.807) is 12.1 Å². The second kappa shape index (κ2) is 5.68. The van der Waals surface area contributed by atoms with Crippen molar-refractivity contribution in [3.63, 3.8) is 0 Å². The van der Waals surface area contributed by atoms with Gasteiger partial charge in [0.1, 0.15) is 11.4 Å². The average molecular weight is 280 g/mol. The van der Waals surface area contributed by atoms with Gasteiger partial charge in [-0.05, 0) is 36.2 Å². The molecule has 0 aliphatic carbocycles. The summed E-state index contributed by atoms with van der Waals surface area (Å²) < 4.78 is 12.9. The topological polar surface area (TPSA) is 33.1 Å². The minimum absolute atomic E-state index is 0.409. The summed E-state index contributed by atoms with van der Waals surface area (Å²) in [5.74, 6) is -0.409. The molecule has 0 saturated heterocycles. The first-order valence-corrected chi connectivity index (χ1v) is 6.50. The van der Waals surface area contributed by atoms with E-state index in [1.165, 1.54) is 12.1 Å². The molecule has 2 aromatic rings. The van der Waals surface area contributed by atoms with E-state index in [9.17, 15) is 9.50 Å². The zero-order valence-corrected chi connectivity index (χ0v) is 11.4. The number of hydrogen-bond acceptors (Lipinski definition) is 2. The van der Waals surface area contributed by atoms with E-state index < -0.39 is 11.4 Å². The lowest BCUT2D eigenvalue weighted by atomic mass is 9.88. The monoisotopic (exact) mass is 279 g/mol. The van der Waals surface area contributed by atoms with Crippen LogP contribution in [-0.2, 0) is 12.0 Å². The van der Waals surface area contributed by atoms with Crippen LogP contribution in [0, 0.1) is 5.82 Å². The van der Waals surface area contributed by atoms with E-state index in [-0.39, 0.29) is 0 Å². The van der Waals surface area contributed by atoms with Crippen molar-refractivity contribution in [2.45, 2.75) is 25.4 Å². The molecule has 0 aliphatic rings. The van der Waals surface area contributed by atoms with Crippen LogP contribution in [0.1, 0.15) is 24.6 Å².